The molecule has 1 aliphatic heterocycles. The summed E-state index contributed by atoms with van der Waals surface area (Å²) in [6.45, 7) is 0.919. The fraction of sp³-hybridized carbons (Fsp3) is 0.385. The zero-order valence-electron chi connectivity index (χ0n) is 10.5. The number of rotatable bonds is 5. The Morgan fingerprint density at radius 3 is 3.00 bits per heavy atom. The van der Waals surface area contributed by atoms with Crippen LogP contribution in [-0.4, -0.2) is 37.3 Å². The van der Waals surface area contributed by atoms with Crippen molar-refractivity contribution in [3.8, 4) is 5.75 Å². The minimum atomic E-state index is -0.124. The Morgan fingerprint density at radius 1 is 1.42 bits per heavy atom. The minimum Gasteiger partial charge on any atom is -0.482 e. The molecule has 1 aromatic rings. The summed E-state index contributed by atoms with van der Waals surface area (Å²) in [5.74, 6) is 1.08. The number of anilines is 1. The number of carbonyl (C=O) groups excluding carboxylic acids is 2. The van der Waals surface area contributed by atoms with Crippen LogP contribution in [-0.2, 0) is 9.59 Å². The van der Waals surface area contributed by atoms with E-state index in [-0.39, 0.29) is 24.8 Å². The van der Waals surface area contributed by atoms with Gasteiger partial charge in [-0.2, -0.15) is 12.6 Å². The number of amides is 2. The molecule has 0 spiro atoms. The van der Waals surface area contributed by atoms with Crippen molar-refractivity contribution in [2.24, 2.45) is 0 Å². The number of ether oxygens (including phenoxy) is 1. The fourth-order valence-electron chi connectivity index (χ4n) is 1.90. The first-order valence-electron chi connectivity index (χ1n) is 6.12. The average Bonchev–Trinajstić information content (AvgIpc) is 2.44. The first-order valence-corrected chi connectivity index (χ1v) is 6.75. The molecule has 1 N–H and O–H groups in total. The standard InChI is InChI=1S/C13H16N2O3S/c16-12(14-6-8-19)5-7-15-10-3-1-2-4-11(10)18-9-13(15)17/h1-4,19H,5-9H2,(H,14,16). The van der Waals surface area contributed by atoms with Gasteiger partial charge < -0.3 is 15.0 Å². The maximum atomic E-state index is 11.8. The van der Waals surface area contributed by atoms with Crippen LogP contribution in [0.25, 0.3) is 0 Å². The van der Waals surface area contributed by atoms with E-state index in [2.05, 4.69) is 17.9 Å². The van der Waals surface area contributed by atoms with Gasteiger partial charge in [-0.05, 0) is 12.1 Å². The third-order valence-electron chi connectivity index (χ3n) is 2.80. The monoisotopic (exact) mass is 280 g/mol. The van der Waals surface area contributed by atoms with Crippen LogP contribution >= 0.6 is 12.6 Å². The maximum Gasteiger partial charge on any atom is 0.265 e. The summed E-state index contributed by atoms with van der Waals surface area (Å²) in [6, 6.07) is 7.33. The molecular formula is C13H16N2O3S. The molecule has 1 aromatic carbocycles. The van der Waals surface area contributed by atoms with Gasteiger partial charge in [0.15, 0.2) is 6.61 Å². The van der Waals surface area contributed by atoms with Crippen LogP contribution in [0.4, 0.5) is 5.69 Å². The molecular weight excluding hydrogens is 264 g/mol. The third-order valence-corrected chi connectivity index (χ3v) is 3.03. The van der Waals surface area contributed by atoms with Crippen molar-refractivity contribution in [1.82, 2.24) is 5.32 Å². The van der Waals surface area contributed by atoms with E-state index in [9.17, 15) is 9.59 Å². The quantitative estimate of drug-likeness (QED) is 0.786. The van der Waals surface area contributed by atoms with Crippen LogP contribution in [0.2, 0.25) is 0 Å². The van der Waals surface area contributed by atoms with Gasteiger partial charge in [0.1, 0.15) is 5.75 Å². The molecule has 6 heteroatoms. The largest absolute Gasteiger partial charge is 0.482 e. The van der Waals surface area contributed by atoms with Gasteiger partial charge in [-0.1, -0.05) is 12.1 Å². The van der Waals surface area contributed by atoms with Crippen molar-refractivity contribution in [2.45, 2.75) is 6.42 Å². The van der Waals surface area contributed by atoms with Gasteiger partial charge in [0.2, 0.25) is 5.91 Å². The Balaban J connectivity index is 1.99. The molecule has 1 aliphatic rings. The zero-order chi connectivity index (χ0) is 13.7. The van der Waals surface area contributed by atoms with E-state index < -0.39 is 0 Å². The van der Waals surface area contributed by atoms with E-state index in [1.54, 1.807) is 4.90 Å². The number of benzene rings is 1. The zero-order valence-corrected chi connectivity index (χ0v) is 11.4. The molecule has 0 saturated heterocycles. The maximum absolute atomic E-state index is 11.8. The highest BCUT2D eigenvalue weighted by Gasteiger charge is 2.25. The highest BCUT2D eigenvalue weighted by atomic mass is 32.1. The second-order valence-corrected chi connectivity index (χ2v) is 4.57. The van der Waals surface area contributed by atoms with Gasteiger partial charge >= 0.3 is 0 Å². The third kappa shape index (κ3) is 3.41. The molecule has 0 saturated carbocycles. The molecule has 2 rings (SSSR count). The van der Waals surface area contributed by atoms with Crippen LogP contribution in [0.1, 0.15) is 6.42 Å². The average molecular weight is 280 g/mol. The highest BCUT2D eigenvalue weighted by molar-refractivity contribution is 7.80. The lowest BCUT2D eigenvalue weighted by Crippen LogP contribution is -2.41. The summed E-state index contributed by atoms with van der Waals surface area (Å²) in [6.07, 6.45) is 0.272. The SMILES string of the molecule is O=C(CCN1C(=O)COc2ccccc21)NCCS. The summed E-state index contributed by atoms with van der Waals surface area (Å²) in [4.78, 5) is 25.0. The van der Waals surface area contributed by atoms with E-state index in [1.165, 1.54) is 0 Å². The predicted octanol–water partition coefficient (Wildman–Crippen LogP) is 0.848. The highest BCUT2D eigenvalue weighted by Crippen LogP contribution is 2.31. The summed E-state index contributed by atoms with van der Waals surface area (Å²) >= 11 is 4.02. The number of hydrogen-bond donors (Lipinski definition) is 2. The van der Waals surface area contributed by atoms with Crippen molar-refractivity contribution in [3.05, 3.63) is 24.3 Å². The molecule has 0 aromatic heterocycles. The second-order valence-electron chi connectivity index (χ2n) is 4.13. The molecule has 0 aliphatic carbocycles. The lowest BCUT2D eigenvalue weighted by atomic mass is 10.2. The van der Waals surface area contributed by atoms with Crippen LogP contribution < -0.4 is 15.0 Å². The fourth-order valence-corrected chi connectivity index (χ4v) is 2.01. The van der Waals surface area contributed by atoms with Crippen molar-refractivity contribution in [1.29, 1.82) is 0 Å². The minimum absolute atomic E-state index is 0.0231. The normalized spacial score (nSPS) is 13.7. The Kier molecular flexibility index (Phi) is 4.68. The molecule has 0 unspecified atom stereocenters. The van der Waals surface area contributed by atoms with E-state index >= 15 is 0 Å². The van der Waals surface area contributed by atoms with Crippen LogP contribution in [0.15, 0.2) is 24.3 Å². The van der Waals surface area contributed by atoms with Gasteiger partial charge in [0.05, 0.1) is 5.69 Å². The first kappa shape index (κ1) is 13.7. The molecule has 19 heavy (non-hydrogen) atoms. The molecule has 1 heterocycles. The van der Waals surface area contributed by atoms with Gasteiger partial charge in [-0.25, -0.2) is 0 Å². The number of hydrogen-bond acceptors (Lipinski definition) is 4. The summed E-state index contributed by atoms with van der Waals surface area (Å²) in [5.41, 5.74) is 0.723. The van der Waals surface area contributed by atoms with Gasteiger partial charge in [-0.3, -0.25) is 9.59 Å². The van der Waals surface area contributed by atoms with Crippen molar-refractivity contribution < 1.29 is 14.3 Å². The van der Waals surface area contributed by atoms with E-state index in [0.717, 1.165) is 5.69 Å². The molecule has 0 bridgehead atoms. The molecule has 0 fully saturated rings. The smallest absolute Gasteiger partial charge is 0.265 e. The number of para-hydroxylation sites is 2. The Bertz CT molecular complexity index is 479. The summed E-state index contributed by atoms with van der Waals surface area (Å²) in [7, 11) is 0. The van der Waals surface area contributed by atoms with Gasteiger partial charge in [0.25, 0.3) is 5.91 Å². The van der Waals surface area contributed by atoms with Crippen molar-refractivity contribution in [2.75, 3.05) is 30.3 Å². The van der Waals surface area contributed by atoms with E-state index in [4.69, 9.17) is 4.74 Å². The van der Waals surface area contributed by atoms with E-state index in [0.29, 0.717) is 24.6 Å². The Hall–Kier alpha value is -1.69. The Labute approximate surface area is 117 Å². The van der Waals surface area contributed by atoms with Crippen molar-refractivity contribution >= 4 is 30.1 Å². The first-order chi connectivity index (χ1) is 9.22. The summed E-state index contributed by atoms with van der Waals surface area (Å²) in [5, 5.41) is 2.73. The molecule has 2 amide bonds. The van der Waals surface area contributed by atoms with Crippen LogP contribution in [0.3, 0.4) is 0 Å². The number of thiol groups is 1. The van der Waals surface area contributed by atoms with Crippen LogP contribution in [0, 0.1) is 0 Å². The number of carbonyl (C=O) groups is 2. The molecule has 5 nitrogen and oxygen atoms in total. The molecule has 0 atom stereocenters. The lowest BCUT2D eigenvalue weighted by molar-refractivity contribution is -0.122. The number of fused-ring (bicyclic) bond motifs is 1. The second kappa shape index (κ2) is 6.47. The topological polar surface area (TPSA) is 58.6 Å². The Morgan fingerprint density at radius 2 is 2.21 bits per heavy atom. The molecule has 102 valence electrons. The summed E-state index contributed by atoms with van der Waals surface area (Å²) < 4.78 is 5.34. The lowest BCUT2D eigenvalue weighted by Gasteiger charge is -2.29. The van der Waals surface area contributed by atoms with Gasteiger partial charge in [0, 0.05) is 25.3 Å². The van der Waals surface area contributed by atoms with Gasteiger partial charge in [-0.15, -0.1) is 0 Å². The van der Waals surface area contributed by atoms with Crippen molar-refractivity contribution in [3.63, 3.8) is 0 Å². The predicted molar refractivity (Wildman–Crippen MR) is 75.8 cm³/mol. The number of nitrogens with zero attached hydrogens (tertiary/aromatic N) is 1. The van der Waals surface area contributed by atoms with Crippen LogP contribution in [0.5, 0.6) is 5.75 Å². The number of nitrogens with one attached hydrogen (secondary N) is 1. The van der Waals surface area contributed by atoms with E-state index in [1.807, 2.05) is 24.3 Å². The molecule has 0 radical (unpaired) electrons.